The number of fused-ring (bicyclic) bond motifs is 5. The Morgan fingerprint density at radius 3 is 2.28 bits per heavy atom. The molecule has 0 saturated heterocycles. The highest BCUT2D eigenvalue weighted by atomic mass is 16.5. The Labute approximate surface area is 273 Å². The molecule has 8 heteroatoms. The molecule has 1 aromatic heterocycles. The molecule has 0 bridgehead atoms. The van der Waals surface area contributed by atoms with Gasteiger partial charge < -0.3 is 15.0 Å². The maximum atomic E-state index is 15.8. The third-order valence-electron chi connectivity index (χ3n) is 10.1. The number of hydrogen-bond acceptors (Lipinski definition) is 6. The lowest BCUT2D eigenvalue weighted by atomic mass is 9.65. The maximum Gasteiger partial charge on any atom is 0.337 e. The highest BCUT2D eigenvalue weighted by Gasteiger charge is 2.67. The number of ketones is 1. The summed E-state index contributed by atoms with van der Waals surface area (Å²) >= 11 is 0. The average Bonchev–Trinajstić information content (AvgIpc) is 3.67. The van der Waals surface area contributed by atoms with Crippen molar-refractivity contribution in [1.82, 2.24) is 14.7 Å². The van der Waals surface area contributed by atoms with Crippen molar-refractivity contribution in [3.8, 4) is 0 Å². The van der Waals surface area contributed by atoms with Crippen molar-refractivity contribution < 1.29 is 19.1 Å². The summed E-state index contributed by atoms with van der Waals surface area (Å²) in [5, 5.41) is 8.58. The van der Waals surface area contributed by atoms with Crippen LogP contribution < -0.4 is 5.32 Å². The number of aromatic nitrogens is 2. The summed E-state index contributed by atoms with van der Waals surface area (Å²) in [6.07, 6.45) is 4.69. The number of carbonyl (C=O) groups excluding carboxylic acids is 3. The second kappa shape index (κ2) is 11.2. The second-order valence-corrected chi connectivity index (χ2v) is 12.7. The van der Waals surface area contributed by atoms with Crippen LogP contribution in [0.5, 0.6) is 0 Å². The lowest BCUT2D eigenvalue weighted by Gasteiger charge is -2.38. The van der Waals surface area contributed by atoms with Gasteiger partial charge in [-0.25, -0.2) is 9.48 Å². The first kappa shape index (κ1) is 29.2. The monoisotopic (exact) mass is 624 g/mol. The first-order valence-corrected chi connectivity index (χ1v) is 16.5. The Kier molecular flexibility index (Phi) is 6.97. The Hall–Kier alpha value is -5.24. The summed E-state index contributed by atoms with van der Waals surface area (Å²) in [4.78, 5) is 47.0. The Morgan fingerprint density at radius 2 is 1.57 bits per heavy atom. The van der Waals surface area contributed by atoms with E-state index in [1.807, 2.05) is 95.4 Å². The highest BCUT2D eigenvalue weighted by molar-refractivity contribution is 6.32. The number of ether oxygens (including phenoxy) is 1. The number of aryl methyl sites for hydroxylation is 1. The number of carbonyl (C=O) groups is 3. The normalized spacial score (nSPS) is 20.4. The van der Waals surface area contributed by atoms with Crippen LogP contribution in [0.25, 0.3) is 11.4 Å². The van der Waals surface area contributed by atoms with Gasteiger partial charge in [0.1, 0.15) is 11.2 Å². The predicted octanol–water partition coefficient (Wildman–Crippen LogP) is 6.66. The zero-order valence-electron chi connectivity index (χ0n) is 26.6. The van der Waals surface area contributed by atoms with Crippen molar-refractivity contribution in [3.63, 3.8) is 0 Å². The Morgan fingerprint density at radius 1 is 0.915 bits per heavy atom. The SMILES string of the molecule is CCOC(=O)C1=C(c2ccccc2)N(C2CCCCC2)C(=O)C12C1=C(Nc3c2c(C)nn3Cc2ccccc2)c2ccccc2C1=O. The molecule has 8 nitrogen and oxygen atoms in total. The van der Waals surface area contributed by atoms with Gasteiger partial charge in [-0.05, 0) is 37.8 Å². The summed E-state index contributed by atoms with van der Waals surface area (Å²) in [7, 11) is 0. The number of anilines is 1. The molecule has 2 aliphatic heterocycles. The molecule has 47 heavy (non-hydrogen) atoms. The van der Waals surface area contributed by atoms with Gasteiger partial charge in [-0.2, -0.15) is 5.10 Å². The van der Waals surface area contributed by atoms with Gasteiger partial charge in [0.15, 0.2) is 5.78 Å². The van der Waals surface area contributed by atoms with Crippen LogP contribution in [0, 0.1) is 6.92 Å². The van der Waals surface area contributed by atoms with Gasteiger partial charge in [-0.1, -0.05) is 104 Å². The van der Waals surface area contributed by atoms with Gasteiger partial charge in [0.2, 0.25) is 5.91 Å². The third-order valence-corrected chi connectivity index (χ3v) is 10.1. The number of hydrogen-bond donors (Lipinski definition) is 1. The van der Waals surface area contributed by atoms with E-state index in [1.165, 1.54) is 0 Å². The largest absolute Gasteiger partial charge is 0.463 e. The predicted molar refractivity (Wildman–Crippen MR) is 179 cm³/mol. The molecule has 2 aliphatic carbocycles. The Bertz CT molecular complexity index is 2000. The molecule has 1 fully saturated rings. The number of amides is 1. The van der Waals surface area contributed by atoms with E-state index in [0.29, 0.717) is 46.1 Å². The lowest BCUT2D eigenvalue weighted by Crippen LogP contribution is -2.50. The number of nitrogens with one attached hydrogen (secondary N) is 1. The molecule has 236 valence electrons. The molecule has 8 rings (SSSR count). The number of rotatable bonds is 6. The standard InChI is InChI=1S/C39H36N4O4/c1-3-47-37(45)32-34(26-17-9-5-10-18-26)43(27-19-11-6-12-20-27)38(46)39(32)30-24(2)41-42(23-25-15-7-4-8-16-25)36(30)40-33-28-21-13-14-22-29(28)35(44)31(33)39/h4-5,7-10,13-18,21-22,27,40H,3,6,11-12,19-20,23H2,1-2H3. The zero-order chi connectivity index (χ0) is 32.3. The molecule has 1 spiro atoms. The van der Waals surface area contributed by atoms with Crippen LogP contribution in [0.4, 0.5) is 5.82 Å². The van der Waals surface area contributed by atoms with E-state index in [2.05, 4.69) is 5.32 Å². The molecule has 4 aliphatic rings. The van der Waals surface area contributed by atoms with E-state index in [9.17, 15) is 9.59 Å². The maximum absolute atomic E-state index is 15.8. The van der Waals surface area contributed by atoms with E-state index < -0.39 is 11.4 Å². The number of Topliss-reactive ketones (excluding diaryl/α,β-unsaturated/α-hetero) is 1. The van der Waals surface area contributed by atoms with Crippen LogP contribution in [-0.2, 0) is 26.3 Å². The first-order chi connectivity index (χ1) is 23.0. The van der Waals surface area contributed by atoms with E-state index >= 15 is 4.79 Å². The number of nitrogens with zero attached hydrogens (tertiary/aromatic N) is 3. The van der Waals surface area contributed by atoms with Crippen LogP contribution >= 0.6 is 0 Å². The van der Waals surface area contributed by atoms with Gasteiger partial charge in [0.05, 0.1) is 35.8 Å². The smallest absolute Gasteiger partial charge is 0.337 e. The summed E-state index contributed by atoms with van der Waals surface area (Å²) in [5.41, 5.74) is 3.86. The summed E-state index contributed by atoms with van der Waals surface area (Å²) in [6.45, 7) is 4.18. The quantitative estimate of drug-likeness (QED) is 0.241. The highest BCUT2D eigenvalue weighted by Crippen LogP contribution is 2.60. The number of esters is 1. The van der Waals surface area contributed by atoms with Gasteiger partial charge in [0.25, 0.3) is 0 Å². The van der Waals surface area contributed by atoms with Gasteiger partial charge in [0, 0.05) is 28.3 Å². The van der Waals surface area contributed by atoms with Crippen LogP contribution in [0.2, 0.25) is 0 Å². The lowest BCUT2D eigenvalue weighted by molar-refractivity contribution is -0.141. The molecule has 1 N–H and O–H groups in total. The van der Waals surface area contributed by atoms with E-state index in [4.69, 9.17) is 9.84 Å². The molecule has 1 atom stereocenters. The summed E-state index contributed by atoms with van der Waals surface area (Å²) < 4.78 is 7.71. The topological polar surface area (TPSA) is 93.5 Å². The molecule has 0 radical (unpaired) electrons. The fraction of sp³-hybridized carbons (Fsp3) is 0.282. The van der Waals surface area contributed by atoms with Crippen molar-refractivity contribution in [1.29, 1.82) is 0 Å². The zero-order valence-corrected chi connectivity index (χ0v) is 26.6. The molecule has 1 saturated carbocycles. The van der Waals surface area contributed by atoms with Gasteiger partial charge >= 0.3 is 5.97 Å². The third kappa shape index (κ3) is 4.20. The second-order valence-electron chi connectivity index (χ2n) is 12.7. The van der Waals surface area contributed by atoms with E-state index in [0.717, 1.165) is 43.2 Å². The van der Waals surface area contributed by atoms with Crippen LogP contribution in [0.1, 0.15) is 77.3 Å². The first-order valence-electron chi connectivity index (χ1n) is 16.5. The molecule has 1 amide bonds. The van der Waals surface area contributed by atoms with Gasteiger partial charge in [-0.3, -0.25) is 9.59 Å². The molecular formula is C39H36N4O4. The van der Waals surface area contributed by atoms with Crippen molar-refractivity contribution in [3.05, 3.63) is 130 Å². The van der Waals surface area contributed by atoms with Crippen LogP contribution in [0.3, 0.4) is 0 Å². The molecular weight excluding hydrogens is 588 g/mol. The van der Waals surface area contributed by atoms with E-state index in [-0.39, 0.29) is 35.5 Å². The minimum absolute atomic E-state index is 0.121. The molecule has 1 unspecified atom stereocenters. The molecule has 3 heterocycles. The minimum atomic E-state index is -1.76. The van der Waals surface area contributed by atoms with Crippen molar-refractivity contribution in [2.24, 2.45) is 0 Å². The minimum Gasteiger partial charge on any atom is -0.463 e. The van der Waals surface area contributed by atoms with Crippen LogP contribution in [-0.4, -0.2) is 45.0 Å². The molecule has 4 aromatic rings. The number of benzene rings is 3. The van der Waals surface area contributed by atoms with Crippen LogP contribution in [0.15, 0.2) is 96.1 Å². The molecule has 3 aromatic carbocycles. The van der Waals surface area contributed by atoms with Gasteiger partial charge in [-0.15, -0.1) is 0 Å². The van der Waals surface area contributed by atoms with Crippen molar-refractivity contribution in [2.75, 3.05) is 11.9 Å². The Balaban J connectivity index is 1.49. The fourth-order valence-corrected chi connectivity index (χ4v) is 8.21. The summed E-state index contributed by atoms with van der Waals surface area (Å²) in [5.74, 6) is -0.554. The summed E-state index contributed by atoms with van der Waals surface area (Å²) in [6, 6.07) is 26.9. The average molecular weight is 625 g/mol. The van der Waals surface area contributed by atoms with Crippen molar-refractivity contribution in [2.45, 2.75) is 64.0 Å². The fourth-order valence-electron chi connectivity index (χ4n) is 8.21. The van der Waals surface area contributed by atoms with E-state index in [1.54, 1.807) is 13.0 Å². The van der Waals surface area contributed by atoms with Crippen molar-refractivity contribution >= 4 is 34.9 Å².